The van der Waals surface area contributed by atoms with Crippen molar-refractivity contribution in [2.24, 2.45) is 0 Å². The van der Waals surface area contributed by atoms with Crippen LogP contribution in [0, 0.1) is 6.92 Å². The average Bonchev–Trinajstić information content (AvgIpc) is 2.82. The van der Waals surface area contributed by atoms with Crippen molar-refractivity contribution >= 4 is 11.6 Å². The lowest BCUT2D eigenvalue weighted by molar-refractivity contribution is 0.0947. The number of ether oxygens (including phenoxy) is 1. The average molecular weight is 261 g/mol. The van der Waals surface area contributed by atoms with Gasteiger partial charge in [0, 0.05) is 5.56 Å². The molecule has 6 heteroatoms. The number of nitrogens with one attached hydrogen (secondary N) is 1. The molecule has 100 valence electrons. The molecule has 1 aromatic heterocycles. The second kappa shape index (κ2) is 5.43. The number of aryl methyl sites for hydroxylation is 1. The Morgan fingerprint density at radius 2 is 2.32 bits per heavy atom. The zero-order chi connectivity index (χ0) is 13.8. The van der Waals surface area contributed by atoms with Crippen LogP contribution in [0.4, 0.5) is 5.69 Å². The molecular weight excluding hydrogens is 246 g/mol. The smallest absolute Gasteiger partial charge is 0.251 e. The standard InChI is InChI=1S/C13H15N3O3/c1-8-6-15-12(19-8)7-16-13(17)9-3-4-10(14)11(5-9)18-2/h3-6H,7,14H2,1-2H3,(H,16,17). The van der Waals surface area contributed by atoms with Crippen LogP contribution in [-0.4, -0.2) is 18.0 Å². The lowest BCUT2D eigenvalue weighted by Crippen LogP contribution is -2.23. The van der Waals surface area contributed by atoms with E-state index in [1.807, 2.05) is 0 Å². The third-order valence-electron chi connectivity index (χ3n) is 2.56. The summed E-state index contributed by atoms with van der Waals surface area (Å²) in [6, 6.07) is 4.85. The van der Waals surface area contributed by atoms with Gasteiger partial charge in [0.15, 0.2) is 0 Å². The summed E-state index contributed by atoms with van der Waals surface area (Å²) in [5, 5.41) is 2.71. The Labute approximate surface area is 110 Å². The number of methoxy groups -OCH3 is 1. The normalized spacial score (nSPS) is 10.2. The summed E-state index contributed by atoms with van der Waals surface area (Å²) < 4.78 is 10.3. The van der Waals surface area contributed by atoms with Crippen LogP contribution in [0.15, 0.2) is 28.8 Å². The van der Waals surface area contributed by atoms with Gasteiger partial charge in [0.1, 0.15) is 11.5 Å². The van der Waals surface area contributed by atoms with Gasteiger partial charge in [-0.2, -0.15) is 0 Å². The second-order valence-corrected chi connectivity index (χ2v) is 4.00. The molecular formula is C13H15N3O3. The van der Waals surface area contributed by atoms with E-state index in [1.54, 1.807) is 31.3 Å². The molecule has 1 amide bonds. The van der Waals surface area contributed by atoms with Gasteiger partial charge in [0.05, 0.1) is 25.5 Å². The number of rotatable bonds is 4. The van der Waals surface area contributed by atoms with Crippen LogP contribution in [-0.2, 0) is 6.54 Å². The largest absolute Gasteiger partial charge is 0.495 e. The molecule has 2 rings (SSSR count). The van der Waals surface area contributed by atoms with Crippen molar-refractivity contribution in [3.05, 3.63) is 41.6 Å². The van der Waals surface area contributed by atoms with E-state index in [1.165, 1.54) is 7.11 Å². The molecule has 0 saturated heterocycles. The lowest BCUT2D eigenvalue weighted by atomic mass is 10.2. The Morgan fingerprint density at radius 3 is 2.95 bits per heavy atom. The predicted octanol–water partition coefficient (Wildman–Crippen LogP) is 1.50. The molecule has 3 N–H and O–H groups in total. The minimum absolute atomic E-state index is 0.235. The molecule has 0 saturated carbocycles. The van der Waals surface area contributed by atoms with E-state index >= 15 is 0 Å². The van der Waals surface area contributed by atoms with Crippen molar-refractivity contribution < 1.29 is 13.9 Å². The summed E-state index contributed by atoms with van der Waals surface area (Å²) >= 11 is 0. The summed E-state index contributed by atoms with van der Waals surface area (Å²) in [5.74, 6) is 1.40. The van der Waals surface area contributed by atoms with Crippen molar-refractivity contribution in [1.82, 2.24) is 10.3 Å². The molecule has 19 heavy (non-hydrogen) atoms. The van der Waals surface area contributed by atoms with Crippen molar-refractivity contribution in [2.45, 2.75) is 13.5 Å². The molecule has 0 aliphatic heterocycles. The third-order valence-corrected chi connectivity index (χ3v) is 2.56. The van der Waals surface area contributed by atoms with E-state index in [0.29, 0.717) is 28.7 Å². The van der Waals surface area contributed by atoms with Crippen LogP contribution in [0.2, 0.25) is 0 Å². The van der Waals surface area contributed by atoms with Crippen molar-refractivity contribution in [1.29, 1.82) is 0 Å². The van der Waals surface area contributed by atoms with Gasteiger partial charge in [-0.25, -0.2) is 4.98 Å². The minimum atomic E-state index is -0.242. The van der Waals surface area contributed by atoms with Crippen LogP contribution in [0.1, 0.15) is 22.0 Å². The zero-order valence-electron chi connectivity index (χ0n) is 10.8. The van der Waals surface area contributed by atoms with Gasteiger partial charge >= 0.3 is 0 Å². The molecule has 1 heterocycles. The first kappa shape index (κ1) is 12.9. The predicted molar refractivity (Wildman–Crippen MR) is 69.8 cm³/mol. The third kappa shape index (κ3) is 3.04. The van der Waals surface area contributed by atoms with E-state index in [-0.39, 0.29) is 12.5 Å². The minimum Gasteiger partial charge on any atom is -0.495 e. The van der Waals surface area contributed by atoms with Gasteiger partial charge in [0.25, 0.3) is 5.91 Å². The Morgan fingerprint density at radius 1 is 1.53 bits per heavy atom. The molecule has 2 aromatic rings. The SMILES string of the molecule is COc1cc(C(=O)NCc2ncc(C)o2)ccc1N. The molecule has 0 fully saturated rings. The maximum Gasteiger partial charge on any atom is 0.251 e. The highest BCUT2D eigenvalue weighted by Gasteiger charge is 2.10. The first-order valence-electron chi connectivity index (χ1n) is 5.73. The number of benzene rings is 1. The monoisotopic (exact) mass is 261 g/mol. The summed E-state index contributed by atoms with van der Waals surface area (Å²) in [6.07, 6.45) is 1.60. The number of amides is 1. The van der Waals surface area contributed by atoms with Gasteiger partial charge in [-0.05, 0) is 25.1 Å². The first-order chi connectivity index (χ1) is 9.10. The highest BCUT2D eigenvalue weighted by atomic mass is 16.5. The Kier molecular flexibility index (Phi) is 3.70. The van der Waals surface area contributed by atoms with Gasteiger partial charge < -0.3 is 20.2 Å². The van der Waals surface area contributed by atoms with Gasteiger partial charge in [-0.15, -0.1) is 0 Å². The summed E-state index contributed by atoms with van der Waals surface area (Å²) in [7, 11) is 1.50. The van der Waals surface area contributed by atoms with Gasteiger partial charge in [0.2, 0.25) is 5.89 Å². The number of carbonyl (C=O) groups excluding carboxylic acids is 1. The van der Waals surface area contributed by atoms with Crippen molar-refractivity contribution in [3.63, 3.8) is 0 Å². The van der Waals surface area contributed by atoms with E-state index in [2.05, 4.69) is 10.3 Å². The van der Waals surface area contributed by atoms with Crippen LogP contribution >= 0.6 is 0 Å². The van der Waals surface area contributed by atoms with Crippen LogP contribution < -0.4 is 15.8 Å². The number of carbonyl (C=O) groups is 1. The van der Waals surface area contributed by atoms with Crippen molar-refractivity contribution in [2.75, 3.05) is 12.8 Å². The number of oxazole rings is 1. The summed E-state index contributed by atoms with van der Waals surface area (Å²) in [4.78, 5) is 15.9. The molecule has 6 nitrogen and oxygen atoms in total. The maximum atomic E-state index is 11.9. The zero-order valence-corrected chi connectivity index (χ0v) is 10.8. The molecule has 1 aromatic carbocycles. The fourth-order valence-corrected chi connectivity index (χ4v) is 1.59. The number of nitrogen functional groups attached to an aromatic ring is 1. The number of anilines is 1. The first-order valence-corrected chi connectivity index (χ1v) is 5.73. The highest BCUT2D eigenvalue weighted by Crippen LogP contribution is 2.22. The molecule has 0 spiro atoms. The van der Waals surface area contributed by atoms with E-state index in [0.717, 1.165) is 0 Å². The molecule has 0 aliphatic rings. The summed E-state index contributed by atoms with van der Waals surface area (Å²) in [5.41, 5.74) is 6.64. The Balaban J connectivity index is 2.03. The molecule has 0 atom stereocenters. The topological polar surface area (TPSA) is 90.4 Å². The Bertz CT molecular complexity index is 593. The number of nitrogens with two attached hydrogens (primary N) is 1. The second-order valence-electron chi connectivity index (χ2n) is 4.00. The lowest BCUT2D eigenvalue weighted by Gasteiger charge is -2.07. The van der Waals surface area contributed by atoms with Crippen LogP contribution in [0.5, 0.6) is 5.75 Å². The highest BCUT2D eigenvalue weighted by molar-refractivity contribution is 5.95. The van der Waals surface area contributed by atoms with Crippen LogP contribution in [0.3, 0.4) is 0 Å². The van der Waals surface area contributed by atoms with E-state index in [4.69, 9.17) is 14.9 Å². The van der Waals surface area contributed by atoms with E-state index < -0.39 is 0 Å². The Hall–Kier alpha value is -2.50. The fraction of sp³-hybridized carbons (Fsp3) is 0.231. The summed E-state index contributed by atoms with van der Waals surface area (Å²) in [6.45, 7) is 2.03. The van der Waals surface area contributed by atoms with E-state index in [9.17, 15) is 4.79 Å². The molecule has 0 aliphatic carbocycles. The van der Waals surface area contributed by atoms with Gasteiger partial charge in [-0.3, -0.25) is 4.79 Å². The van der Waals surface area contributed by atoms with Crippen molar-refractivity contribution in [3.8, 4) is 5.75 Å². The molecule has 0 unspecified atom stereocenters. The number of aromatic nitrogens is 1. The fourth-order valence-electron chi connectivity index (χ4n) is 1.59. The van der Waals surface area contributed by atoms with Crippen LogP contribution in [0.25, 0.3) is 0 Å². The number of hydrogen-bond donors (Lipinski definition) is 2. The molecule has 0 radical (unpaired) electrons. The number of hydrogen-bond acceptors (Lipinski definition) is 5. The molecule has 0 bridgehead atoms. The van der Waals surface area contributed by atoms with Gasteiger partial charge in [-0.1, -0.05) is 0 Å². The number of nitrogens with zero attached hydrogens (tertiary/aromatic N) is 1. The quantitative estimate of drug-likeness (QED) is 0.814. The maximum absolute atomic E-state index is 11.9.